The maximum Gasteiger partial charge on any atom is 0.161 e. The van der Waals surface area contributed by atoms with Gasteiger partial charge < -0.3 is 9.47 Å². The lowest BCUT2D eigenvalue weighted by molar-refractivity contribution is 0.354. The molecule has 1 unspecified atom stereocenters. The maximum absolute atomic E-state index is 6.05. The molecule has 2 rings (SSSR count). The molecule has 0 aromatic heterocycles. The summed E-state index contributed by atoms with van der Waals surface area (Å²) in [6.45, 7) is 0. The highest BCUT2D eigenvalue weighted by Crippen LogP contribution is 2.33. The molecule has 2 aromatic rings. The van der Waals surface area contributed by atoms with Crippen LogP contribution in [-0.2, 0) is 0 Å². The number of methoxy groups -OCH3 is 2. The van der Waals surface area contributed by atoms with Crippen LogP contribution in [0.5, 0.6) is 11.5 Å². The molecule has 21 heavy (non-hydrogen) atoms. The number of nitrogens with two attached hydrogens (primary N) is 1. The van der Waals surface area contributed by atoms with Crippen molar-refractivity contribution in [2.24, 2.45) is 5.84 Å². The molecule has 0 saturated carbocycles. The Morgan fingerprint density at radius 1 is 0.905 bits per heavy atom. The molecular formula is C15H16Cl2N2O2. The molecule has 0 amide bonds. The summed E-state index contributed by atoms with van der Waals surface area (Å²) in [5.41, 5.74) is 4.54. The van der Waals surface area contributed by atoms with Gasteiger partial charge in [-0.15, -0.1) is 0 Å². The van der Waals surface area contributed by atoms with E-state index < -0.39 is 0 Å². The van der Waals surface area contributed by atoms with Crippen molar-refractivity contribution in [2.45, 2.75) is 6.04 Å². The third-order valence-corrected chi connectivity index (χ3v) is 3.56. The topological polar surface area (TPSA) is 56.5 Å². The quantitative estimate of drug-likeness (QED) is 0.651. The van der Waals surface area contributed by atoms with E-state index in [-0.39, 0.29) is 6.04 Å². The van der Waals surface area contributed by atoms with Crippen molar-refractivity contribution in [3.05, 3.63) is 57.6 Å². The minimum Gasteiger partial charge on any atom is -0.493 e. The van der Waals surface area contributed by atoms with Crippen molar-refractivity contribution in [3.63, 3.8) is 0 Å². The molecule has 0 heterocycles. The van der Waals surface area contributed by atoms with Gasteiger partial charge >= 0.3 is 0 Å². The molecule has 1 atom stereocenters. The van der Waals surface area contributed by atoms with Gasteiger partial charge in [-0.2, -0.15) is 0 Å². The molecule has 3 N–H and O–H groups in total. The molecular weight excluding hydrogens is 311 g/mol. The second kappa shape index (κ2) is 7.00. The van der Waals surface area contributed by atoms with Gasteiger partial charge in [0.2, 0.25) is 0 Å². The molecule has 0 saturated heterocycles. The van der Waals surface area contributed by atoms with Crippen molar-refractivity contribution in [2.75, 3.05) is 14.2 Å². The Kier molecular flexibility index (Phi) is 5.31. The Bertz CT molecular complexity index is 615. The molecule has 0 fully saturated rings. The zero-order chi connectivity index (χ0) is 15.4. The highest BCUT2D eigenvalue weighted by molar-refractivity contribution is 6.34. The summed E-state index contributed by atoms with van der Waals surface area (Å²) in [6, 6.07) is 10.6. The Morgan fingerprint density at radius 2 is 1.52 bits per heavy atom. The Morgan fingerprint density at radius 3 is 2.05 bits per heavy atom. The minimum absolute atomic E-state index is 0.263. The zero-order valence-electron chi connectivity index (χ0n) is 11.7. The van der Waals surface area contributed by atoms with E-state index in [4.69, 9.17) is 38.5 Å². The molecule has 6 heteroatoms. The molecule has 0 bridgehead atoms. The van der Waals surface area contributed by atoms with Crippen molar-refractivity contribution in [3.8, 4) is 11.5 Å². The number of ether oxygens (including phenoxy) is 2. The van der Waals surface area contributed by atoms with E-state index in [0.717, 1.165) is 11.1 Å². The van der Waals surface area contributed by atoms with Gasteiger partial charge in [0.1, 0.15) is 0 Å². The van der Waals surface area contributed by atoms with E-state index in [1.165, 1.54) is 0 Å². The first-order chi connectivity index (χ1) is 10.1. The van der Waals surface area contributed by atoms with Crippen LogP contribution in [-0.4, -0.2) is 14.2 Å². The summed E-state index contributed by atoms with van der Waals surface area (Å²) in [5.74, 6) is 6.97. The van der Waals surface area contributed by atoms with Crippen LogP contribution in [0, 0.1) is 0 Å². The SMILES string of the molecule is COc1ccc(C(NN)c2cc(Cl)cc(Cl)c2)cc1OC. The highest BCUT2D eigenvalue weighted by atomic mass is 35.5. The first-order valence-corrected chi connectivity index (χ1v) is 6.98. The average molecular weight is 327 g/mol. The van der Waals surface area contributed by atoms with Gasteiger partial charge in [-0.1, -0.05) is 29.3 Å². The number of hydrazine groups is 1. The fourth-order valence-corrected chi connectivity index (χ4v) is 2.70. The average Bonchev–Trinajstić information content (AvgIpc) is 2.46. The van der Waals surface area contributed by atoms with Crippen molar-refractivity contribution >= 4 is 23.2 Å². The van der Waals surface area contributed by atoms with Gasteiger partial charge in [-0.3, -0.25) is 5.84 Å². The van der Waals surface area contributed by atoms with Gasteiger partial charge in [-0.05, 0) is 41.5 Å². The number of hydrogen-bond donors (Lipinski definition) is 2. The Hall–Kier alpha value is -1.46. The zero-order valence-corrected chi connectivity index (χ0v) is 13.2. The van der Waals surface area contributed by atoms with E-state index in [0.29, 0.717) is 21.5 Å². The number of nitrogens with one attached hydrogen (secondary N) is 1. The highest BCUT2D eigenvalue weighted by Gasteiger charge is 2.16. The Balaban J connectivity index is 2.45. The van der Waals surface area contributed by atoms with Crippen LogP contribution >= 0.6 is 23.2 Å². The monoisotopic (exact) mass is 326 g/mol. The van der Waals surface area contributed by atoms with Gasteiger partial charge in [0.25, 0.3) is 0 Å². The summed E-state index contributed by atoms with van der Waals surface area (Å²) in [7, 11) is 3.18. The number of hydrogen-bond acceptors (Lipinski definition) is 4. The van der Waals surface area contributed by atoms with E-state index in [1.54, 1.807) is 20.3 Å². The van der Waals surface area contributed by atoms with Gasteiger partial charge in [-0.25, -0.2) is 5.43 Å². The molecule has 2 aromatic carbocycles. The molecule has 0 aliphatic heterocycles. The van der Waals surface area contributed by atoms with Gasteiger partial charge in [0.15, 0.2) is 11.5 Å². The summed E-state index contributed by atoms with van der Waals surface area (Å²) in [6.07, 6.45) is 0. The fraction of sp³-hybridized carbons (Fsp3) is 0.200. The maximum atomic E-state index is 6.05. The summed E-state index contributed by atoms with van der Waals surface area (Å²) < 4.78 is 10.5. The first-order valence-electron chi connectivity index (χ1n) is 6.23. The second-order valence-corrected chi connectivity index (χ2v) is 5.29. The van der Waals surface area contributed by atoms with Crippen LogP contribution in [0.4, 0.5) is 0 Å². The lowest BCUT2D eigenvalue weighted by Gasteiger charge is -2.19. The molecule has 4 nitrogen and oxygen atoms in total. The lowest BCUT2D eigenvalue weighted by Crippen LogP contribution is -2.28. The third-order valence-electron chi connectivity index (χ3n) is 3.13. The normalized spacial score (nSPS) is 12.0. The number of rotatable bonds is 5. The molecule has 0 spiro atoms. The van der Waals surface area contributed by atoms with Crippen LogP contribution in [0.15, 0.2) is 36.4 Å². The predicted molar refractivity (Wildman–Crippen MR) is 85.2 cm³/mol. The van der Waals surface area contributed by atoms with Crippen LogP contribution < -0.4 is 20.7 Å². The molecule has 112 valence electrons. The molecule has 0 radical (unpaired) electrons. The first kappa shape index (κ1) is 15.9. The van der Waals surface area contributed by atoms with Crippen molar-refractivity contribution < 1.29 is 9.47 Å². The number of halogens is 2. The van der Waals surface area contributed by atoms with E-state index in [2.05, 4.69) is 5.43 Å². The number of benzene rings is 2. The van der Waals surface area contributed by atoms with Crippen LogP contribution in [0.2, 0.25) is 10.0 Å². The second-order valence-electron chi connectivity index (χ2n) is 4.42. The smallest absolute Gasteiger partial charge is 0.161 e. The molecule has 0 aliphatic rings. The van der Waals surface area contributed by atoms with E-state index in [1.807, 2.05) is 30.3 Å². The minimum atomic E-state index is -0.263. The van der Waals surface area contributed by atoms with Crippen LogP contribution in [0.1, 0.15) is 17.2 Å². The van der Waals surface area contributed by atoms with Gasteiger partial charge in [0.05, 0.1) is 20.3 Å². The van der Waals surface area contributed by atoms with E-state index in [9.17, 15) is 0 Å². The summed E-state index contributed by atoms with van der Waals surface area (Å²) in [5, 5.41) is 1.11. The Labute approximate surface area is 133 Å². The molecule has 0 aliphatic carbocycles. The third kappa shape index (κ3) is 3.60. The van der Waals surface area contributed by atoms with E-state index >= 15 is 0 Å². The summed E-state index contributed by atoms with van der Waals surface area (Å²) in [4.78, 5) is 0. The summed E-state index contributed by atoms with van der Waals surface area (Å²) >= 11 is 12.1. The van der Waals surface area contributed by atoms with Gasteiger partial charge in [0, 0.05) is 10.0 Å². The van der Waals surface area contributed by atoms with Crippen LogP contribution in [0.3, 0.4) is 0 Å². The van der Waals surface area contributed by atoms with Crippen molar-refractivity contribution in [1.82, 2.24) is 5.43 Å². The van der Waals surface area contributed by atoms with Crippen LogP contribution in [0.25, 0.3) is 0 Å². The van der Waals surface area contributed by atoms with Crippen molar-refractivity contribution in [1.29, 1.82) is 0 Å². The predicted octanol–water partition coefficient (Wildman–Crippen LogP) is 3.56. The lowest BCUT2D eigenvalue weighted by atomic mass is 9.99. The fourth-order valence-electron chi connectivity index (χ4n) is 2.16. The standard InChI is InChI=1S/C15H16Cl2N2O2/c1-20-13-4-3-9(7-14(13)21-2)15(19-18)10-5-11(16)8-12(17)6-10/h3-8,15,19H,18H2,1-2H3. The largest absolute Gasteiger partial charge is 0.493 e.